The summed E-state index contributed by atoms with van der Waals surface area (Å²) in [6.07, 6.45) is 1.67. The Morgan fingerprint density at radius 2 is 1.91 bits per heavy atom. The molecule has 1 aliphatic rings. The van der Waals surface area contributed by atoms with Crippen LogP contribution in [0, 0.1) is 5.92 Å². The summed E-state index contributed by atoms with van der Waals surface area (Å²) in [5.74, 6) is 0.922. The minimum Gasteiger partial charge on any atom is -0.469 e. The monoisotopic (exact) mass is 326 g/mol. The van der Waals surface area contributed by atoms with E-state index in [1.54, 1.807) is 0 Å². The van der Waals surface area contributed by atoms with Gasteiger partial charge in [-0.1, -0.05) is 13.8 Å². The molecule has 0 aliphatic carbocycles. The fraction of sp³-hybridized carbons (Fsp3) is 0.882. The van der Waals surface area contributed by atoms with E-state index in [2.05, 4.69) is 42.8 Å². The Morgan fingerprint density at radius 3 is 2.39 bits per heavy atom. The molecule has 134 valence electrons. The first kappa shape index (κ1) is 19.7. The van der Waals surface area contributed by atoms with Crippen LogP contribution in [0.15, 0.2) is 4.99 Å². The normalized spacial score (nSPS) is 18.2. The third-order valence-electron chi connectivity index (χ3n) is 4.60. The molecule has 23 heavy (non-hydrogen) atoms. The standard InChI is InChI=1S/C17H34N4O2/c1-6-18-17(19-13-14(4)20(7-2)8-3)21-11-9-15(10-12-21)16(22)23-5/h14-15H,6-13H2,1-5H3,(H,18,19). The molecule has 1 rings (SSSR count). The van der Waals surface area contributed by atoms with E-state index in [4.69, 9.17) is 9.73 Å². The van der Waals surface area contributed by atoms with Crippen molar-refractivity contribution >= 4 is 11.9 Å². The van der Waals surface area contributed by atoms with Crippen molar-refractivity contribution in [3.05, 3.63) is 0 Å². The molecule has 1 fully saturated rings. The van der Waals surface area contributed by atoms with Crippen molar-refractivity contribution in [2.75, 3.05) is 46.4 Å². The van der Waals surface area contributed by atoms with Crippen molar-refractivity contribution in [3.8, 4) is 0 Å². The molecule has 0 aromatic rings. The van der Waals surface area contributed by atoms with Gasteiger partial charge in [0.1, 0.15) is 0 Å². The minimum absolute atomic E-state index is 0.0359. The van der Waals surface area contributed by atoms with E-state index < -0.39 is 0 Å². The smallest absolute Gasteiger partial charge is 0.308 e. The number of guanidine groups is 1. The van der Waals surface area contributed by atoms with Gasteiger partial charge in [-0.2, -0.15) is 0 Å². The van der Waals surface area contributed by atoms with Crippen LogP contribution in [-0.4, -0.2) is 74.1 Å². The number of methoxy groups -OCH3 is 1. The molecule has 0 spiro atoms. The Bertz CT molecular complexity index is 375. The SMILES string of the molecule is CCNC(=NCC(C)N(CC)CC)N1CCC(C(=O)OC)CC1. The summed E-state index contributed by atoms with van der Waals surface area (Å²) < 4.78 is 4.85. The molecule has 6 heteroatoms. The number of carbonyl (C=O) groups excluding carboxylic acids is 1. The molecule has 0 amide bonds. The number of likely N-dealkylation sites (N-methyl/N-ethyl adjacent to an activating group) is 1. The molecule has 1 saturated heterocycles. The van der Waals surface area contributed by atoms with Crippen molar-refractivity contribution in [3.63, 3.8) is 0 Å². The number of esters is 1. The number of aliphatic imine (C=N–C) groups is 1. The van der Waals surface area contributed by atoms with E-state index in [0.717, 1.165) is 58.1 Å². The molecule has 1 N–H and O–H groups in total. The van der Waals surface area contributed by atoms with Crippen LogP contribution in [0.2, 0.25) is 0 Å². The maximum atomic E-state index is 11.6. The Labute approximate surface area is 141 Å². The summed E-state index contributed by atoms with van der Waals surface area (Å²) in [4.78, 5) is 21.1. The molecule has 1 heterocycles. The van der Waals surface area contributed by atoms with Gasteiger partial charge in [-0.3, -0.25) is 14.7 Å². The number of hydrogen-bond acceptors (Lipinski definition) is 4. The van der Waals surface area contributed by atoms with Gasteiger partial charge in [0.25, 0.3) is 0 Å². The van der Waals surface area contributed by atoms with Crippen molar-refractivity contribution in [2.45, 2.75) is 46.6 Å². The van der Waals surface area contributed by atoms with Crippen LogP contribution in [-0.2, 0) is 9.53 Å². The largest absolute Gasteiger partial charge is 0.469 e. The quantitative estimate of drug-likeness (QED) is 0.437. The molecule has 6 nitrogen and oxygen atoms in total. The van der Waals surface area contributed by atoms with Crippen molar-refractivity contribution in [2.24, 2.45) is 10.9 Å². The molecular weight excluding hydrogens is 292 g/mol. The van der Waals surface area contributed by atoms with E-state index in [9.17, 15) is 4.79 Å². The van der Waals surface area contributed by atoms with Gasteiger partial charge in [0, 0.05) is 25.7 Å². The van der Waals surface area contributed by atoms with Crippen molar-refractivity contribution in [1.29, 1.82) is 0 Å². The second kappa shape index (κ2) is 10.5. The first-order chi connectivity index (χ1) is 11.1. The summed E-state index contributed by atoms with van der Waals surface area (Å²) in [5, 5.41) is 3.38. The van der Waals surface area contributed by atoms with Crippen molar-refractivity contribution < 1.29 is 9.53 Å². The molecule has 0 aromatic carbocycles. The summed E-state index contributed by atoms with van der Waals surface area (Å²) >= 11 is 0. The number of nitrogens with zero attached hydrogens (tertiary/aromatic N) is 3. The Balaban J connectivity index is 2.61. The van der Waals surface area contributed by atoms with Crippen LogP contribution < -0.4 is 5.32 Å². The second-order valence-electron chi connectivity index (χ2n) is 6.05. The van der Waals surface area contributed by atoms with E-state index in [0.29, 0.717) is 6.04 Å². The summed E-state index contributed by atoms with van der Waals surface area (Å²) in [6, 6.07) is 0.436. The Morgan fingerprint density at radius 1 is 1.30 bits per heavy atom. The summed E-state index contributed by atoms with van der Waals surface area (Å²) in [7, 11) is 1.47. The number of likely N-dealkylation sites (tertiary alicyclic amines) is 1. The predicted molar refractivity (Wildman–Crippen MR) is 94.7 cm³/mol. The number of nitrogens with one attached hydrogen (secondary N) is 1. The highest BCUT2D eigenvalue weighted by Gasteiger charge is 2.27. The van der Waals surface area contributed by atoms with E-state index in [1.807, 2.05) is 0 Å². The topological polar surface area (TPSA) is 57.2 Å². The highest BCUT2D eigenvalue weighted by atomic mass is 16.5. The highest BCUT2D eigenvalue weighted by Crippen LogP contribution is 2.18. The first-order valence-electron chi connectivity index (χ1n) is 8.92. The van der Waals surface area contributed by atoms with Gasteiger partial charge in [0.05, 0.1) is 19.6 Å². The summed E-state index contributed by atoms with van der Waals surface area (Å²) in [5.41, 5.74) is 0. The lowest BCUT2D eigenvalue weighted by molar-refractivity contribution is -0.146. The van der Waals surface area contributed by atoms with Crippen LogP contribution in [0.5, 0.6) is 0 Å². The molecule has 0 bridgehead atoms. The fourth-order valence-electron chi connectivity index (χ4n) is 3.10. The van der Waals surface area contributed by atoms with Crippen LogP contribution in [0.4, 0.5) is 0 Å². The van der Waals surface area contributed by atoms with E-state index in [1.165, 1.54) is 7.11 Å². The summed E-state index contributed by atoms with van der Waals surface area (Å²) in [6.45, 7) is 14.1. The van der Waals surface area contributed by atoms with Gasteiger partial charge in [0.2, 0.25) is 0 Å². The number of rotatable bonds is 7. The van der Waals surface area contributed by atoms with Crippen LogP contribution in [0.3, 0.4) is 0 Å². The molecule has 1 atom stereocenters. The molecule has 0 radical (unpaired) electrons. The van der Waals surface area contributed by atoms with Crippen molar-refractivity contribution in [1.82, 2.24) is 15.1 Å². The molecular formula is C17H34N4O2. The van der Waals surface area contributed by atoms with Crippen LogP contribution >= 0.6 is 0 Å². The lowest BCUT2D eigenvalue weighted by atomic mass is 9.97. The van der Waals surface area contributed by atoms with E-state index >= 15 is 0 Å². The average Bonchev–Trinajstić information content (AvgIpc) is 2.59. The minimum atomic E-state index is -0.0817. The third kappa shape index (κ3) is 6.01. The van der Waals surface area contributed by atoms with Gasteiger partial charge < -0.3 is 15.0 Å². The number of ether oxygens (including phenoxy) is 1. The zero-order valence-electron chi connectivity index (χ0n) is 15.5. The maximum Gasteiger partial charge on any atom is 0.308 e. The molecule has 1 unspecified atom stereocenters. The van der Waals surface area contributed by atoms with E-state index in [-0.39, 0.29) is 11.9 Å². The molecule has 1 aliphatic heterocycles. The lowest BCUT2D eigenvalue weighted by Crippen LogP contribution is -2.47. The van der Waals surface area contributed by atoms with Crippen LogP contribution in [0.25, 0.3) is 0 Å². The van der Waals surface area contributed by atoms with Crippen LogP contribution in [0.1, 0.15) is 40.5 Å². The van der Waals surface area contributed by atoms with Gasteiger partial charge in [-0.05, 0) is 39.8 Å². The van der Waals surface area contributed by atoms with Gasteiger partial charge in [-0.15, -0.1) is 0 Å². The molecule has 0 saturated carbocycles. The maximum absolute atomic E-state index is 11.6. The number of hydrogen-bond donors (Lipinski definition) is 1. The predicted octanol–water partition coefficient (Wildman–Crippen LogP) is 1.57. The lowest BCUT2D eigenvalue weighted by Gasteiger charge is -2.33. The molecule has 0 aromatic heterocycles. The van der Waals surface area contributed by atoms with Gasteiger partial charge in [-0.25, -0.2) is 0 Å². The third-order valence-corrected chi connectivity index (χ3v) is 4.60. The highest BCUT2D eigenvalue weighted by molar-refractivity contribution is 5.80. The second-order valence-corrected chi connectivity index (χ2v) is 6.05. The first-order valence-corrected chi connectivity index (χ1v) is 8.92. The average molecular weight is 326 g/mol. The zero-order valence-corrected chi connectivity index (χ0v) is 15.5. The van der Waals surface area contributed by atoms with Gasteiger partial charge in [0.15, 0.2) is 5.96 Å². The number of piperidine rings is 1. The Hall–Kier alpha value is -1.30. The Kier molecular flexibility index (Phi) is 8.99. The fourth-order valence-corrected chi connectivity index (χ4v) is 3.10. The zero-order chi connectivity index (χ0) is 17.2. The van der Waals surface area contributed by atoms with Gasteiger partial charge >= 0.3 is 5.97 Å². The number of carbonyl (C=O) groups is 1.